The minimum absolute atomic E-state index is 0.0606. The maximum absolute atomic E-state index is 11.5. The number of aliphatic carboxylic acids is 1. The van der Waals surface area contributed by atoms with Gasteiger partial charge in [0.1, 0.15) is 35.9 Å². The van der Waals surface area contributed by atoms with Crippen molar-refractivity contribution in [3.05, 3.63) is 46.0 Å². The molecule has 9 nitrogen and oxygen atoms in total. The number of allylic oxidation sites excluding steroid dienone is 3. The molecule has 1 aromatic carbocycles. The van der Waals surface area contributed by atoms with Gasteiger partial charge in [-0.3, -0.25) is 0 Å². The number of carbonyl (C=O) groups is 1. The molecule has 1 aliphatic heterocycles. The fourth-order valence-corrected chi connectivity index (χ4v) is 6.55. The average Bonchev–Trinajstić information content (AvgIpc) is 2.89. The van der Waals surface area contributed by atoms with Crippen molar-refractivity contribution < 1.29 is 39.4 Å². The summed E-state index contributed by atoms with van der Waals surface area (Å²) >= 11 is 0. The Labute approximate surface area is 215 Å². The van der Waals surface area contributed by atoms with Gasteiger partial charge in [0.15, 0.2) is 6.10 Å². The largest absolute Gasteiger partial charge is 0.496 e. The molecule has 0 amide bonds. The highest BCUT2D eigenvalue weighted by molar-refractivity contribution is 5.73. The number of methoxy groups -OCH3 is 1. The van der Waals surface area contributed by atoms with E-state index in [0.717, 1.165) is 31.4 Å². The minimum atomic E-state index is -1.83. The van der Waals surface area contributed by atoms with Crippen molar-refractivity contribution in [1.29, 1.82) is 5.26 Å². The monoisotopic (exact) mass is 511 g/mol. The Morgan fingerprint density at radius 1 is 1.08 bits per heavy atom. The van der Waals surface area contributed by atoms with E-state index in [4.69, 9.17) is 14.2 Å². The Morgan fingerprint density at radius 2 is 1.86 bits per heavy atom. The minimum Gasteiger partial charge on any atom is -0.496 e. The molecule has 0 aromatic heterocycles. The summed E-state index contributed by atoms with van der Waals surface area (Å²) in [6.07, 6.45) is 0.474. The number of aliphatic hydroxyl groups excluding tert-OH is 3. The number of carboxylic acids is 1. The summed E-state index contributed by atoms with van der Waals surface area (Å²) in [6.45, 7) is 0. The van der Waals surface area contributed by atoms with Crippen molar-refractivity contribution in [2.75, 3.05) is 7.11 Å². The lowest BCUT2D eigenvalue weighted by Crippen LogP contribution is -2.61. The summed E-state index contributed by atoms with van der Waals surface area (Å²) < 4.78 is 17.0. The summed E-state index contributed by atoms with van der Waals surface area (Å²) in [5.41, 5.74) is 5.35. The summed E-state index contributed by atoms with van der Waals surface area (Å²) in [4.78, 5) is 11.5. The van der Waals surface area contributed by atoms with Crippen LogP contribution in [0.3, 0.4) is 0 Å². The number of fused-ring (bicyclic) bond motifs is 3. The molecule has 198 valence electrons. The predicted molar refractivity (Wildman–Crippen MR) is 131 cm³/mol. The lowest BCUT2D eigenvalue weighted by Gasteiger charge is -2.43. The van der Waals surface area contributed by atoms with Gasteiger partial charge in [-0.2, -0.15) is 5.26 Å². The van der Waals surface area contributed by atoms with Gasteiger partial charge in [0.05, 0.1) is 12.7 Å². The highest BCUT2D eigenvalue weighted by Gasteiger charge is 2.48. The van der Waals surface area contributed by atoms with E-state index in [-0.39, 0.29) is 11.3 Å². The third-order valence-corrected chi connectivity index (χ3v) is 8.29. The second-order valence-corrected chi connectivity index (χ2v) is 10.4. The molecular weight excluding hydrogens is 478 g/mol. The topological polar surface area (TPSA) is 149 Å². The van der Waals surface area contributed by atoms with Crippen LogP contribution in [-0.2, 0) is 14.3 Å². The maximum atomic E-state index is 11.5. The van der Waals surface area contributed by atoms with Gasteiger partial charge in [0.2, 0.25) is 6.29 Å². The van der Waals surface area contributed by atoms with E-state index in [9.17, 15) is 30.5 Å². The molecule has 5 rings (SSSR count). The Bertz CT molecular complexity index is 1170. The molecule has 7 atom stereocenters. The molecule has 1 aromatic rings. The van der Waals surface area contributed by atoms with E-state index in [0.29, 0.717) is 17.4 Å². The van der Waals surface area contributed by atoms with Gasteiger partial charge in [-0.1, -0.05) is 17.6 Å². The van der Waals surface area contributed by atoms with Crippen LogP contribution in [0.25, 0.3) is 5.76 Å². The van der Waals surface area contributed by atoms with Gasteiger partial charge in [-0.25, -0.2) is 4.79 Å². The zero-order chi connectivity index (χ0) is 26.3. The quantitative estimate of drug-likeness (QED) is 0.346. The summed E-state index contributed by atoms with van der Waals surface area (Å²) in [6, 6.07) is 7.06. The van der Waals surface area contributed by atoms with Gasteiger partial charge in [0, 0.05) is 11.5 Å². The van der Waals surface area contributed by atoms with E-state index in [1.807, 2.05) is 6.07 Å². The Hall–Kier alpha value is -2.90. The number of nitrogens with zero attached hydrogens (tertiary/aromatic N) is 1. The maximum Gasteiger partial charge on any atom is 0.335 e. The zero-order valence-corrected chi connectivity index (χ0v) is 20.8. The molecule has 9 heteroatoms. The molecule has 2 bridgehead atoms. The second-order valence-electron chi connectivity index (χ2n) is 10.4. The molecule has 2 fully saturated rings. The number of rotatable bonds is 5. The molecule has 1 heterocycles. The van der Waals surface area contributed by atoms with Gasteiger partial charge in [0.25, 0.3) is 0 Å². The first-order valence-electron chi connectivity index (χ1n) is 13.0. The molecule has 3 aliphatic carbocycles. The highest BCUT2D eigenvalue weighted by Crippen LogP contribution is 2.53. The van der Waals surface area contributed by atoms with Crippen molar-refractivity contribution in [3.63, 3.8) is 0 Å². The first kappa shape index (κ1) is 25.7. The molecule has 4 N–H and O–H groups in total. The lowest BCUT2D eigenvalue weighted by atomic mass is 9.62. The van der Waals surface area contributed by atoms with Crippen LogP contribution >= 0.6 is 0 Å². The van der Waals surface area contributed by atoms with E-state index in [2.05, 4.69) is 0 Å². The smallest absolute Gasteiger partial charge is 0.335 e. The van der Waals surface area contributed by atoms with Crippen LogP contribution in [0.4, 0.5) is 0 Å². The fraction of sp³-hybridized carbons (Fsp3) is 0.571. The number of benzene rings is 1. The number of aliphatic hydroxyl groups is 3. The van der Waals surface area contributed by atoms with Gasteiger partial charge in [-0.15, -0.1) is 0 Å². The number of hydrogen-bond donors (Lipinski definition) is 4. The second kappa shape index (κ2) is 10.5. The van der Waals surface area contributed by atoms with Crippen molar-refractivity contribution >= 4 is 11.7 Å². The van der Waals surface area contributed by atoms with Crippen LogP contribution in [0.15, 0.2) is 34.9 Å². The first-order valence-corrected chi connectivity index (χ1v) is 13.0. The van der Waals surface area contributed by atoms with Crippen molar-refractivity contribution in [2.45, 2.75) is 82.1 Å². The predicted octanol–water partition coefficient (Wildman–Crippen LogP) is 2.88. The molecular formula is C28H33NO8. The number of hydrogen-bond acceptors (Lipinski definition) is 8. The molecule has 1 saturated carbocycles. The zero-order valence-electron chi connectivity index (χ0n) is 20.8. The average molecular weight is 512 g/mol. The third kappa shape index (κ3) is 4.64. The Morgan fingerprint density at radius 3 is 2.59 bits per heavy atom. The van der Waals surface area contributed by atoms with Crippen LogP contribution in [0.5, 0.6) is 5.75 Å². The normalized spacial score (nSPS) is 34.7. The number of carboxylic acid groups (broad SMARTS) is 1. The highest BCUT2D eigenvalue weighted by atomic mass is 16.7. The Kier molecular flexibility index (Phi) is 7.28. The van der Waals surface area contributed by atoms with Crippen LogP contribution < -0.4 is 4.74 Å². The SMILES string of the molecule is COC(=C1C2CCCC1C1=C(CCCC1)C2)c1ccc(C#N)c(O[C@@H]2OC(C(=O)O)[C@@H](O)[C@H](O)C2O)c1. The summed E-state index contributed by atoms with van der Waals surface area (Å²) in [5.74, 6) is 0.0693. The molecule has 0 spiro atoms. The summed E-state index contributed by atoms with van der Waals surface area (Å²) in [5, 5.41) is 49.5. The van der Waals surface area contributed by atoms with E-state index >= 15 is 0 Å². The van der Waals surface area contributed by atoms with Gasteiger partial charge < -0.3 is 34.6 Å². The standard InChI is InChI=1S/C28H33NO8/c1-35-25(21-15-6-4-8-19(21)18-7-3-2-5-14(18)11-15)16-9-10-17(13-29)20(12-16)36-28-24(32)22(30)23(31)26(37-28)27(33)34/h9-10,12,15,19,22-24,26,28,30-32H,2-8,11H2,1H3,(H,33,34)/t15?,19?,22-,23-,24?,26?,28+/m0/s1. The summed E-state index contributed by atoms with van der Waals surface area (Å²) in [7, 11) is 1.64. The van der Waals surface area contributed by atoms with E-state index < -0.39 is 36.7 Å². The van der Waals surface area contributed by atoms with E-state index in [1.54, 1.807) is 36.5 Å². The van der Waals surface area contributed by atoms with Gasteiger partial charge >= 0.3 is 5.97 Å². The molecule has 0 radical (unpaired) electrons. The van der Waals surface area contributed by atoms with Crippen LogP contribution in [0.1, 0.15) is 62.5 Å². The van der Waals surface area contributed by atoms with Crippen LogP contribution in [-0.4, -0.2) is 64.2 Å². The van der Waals surface area contributed by atoms with E-state index in [1.165, 1.54) is 31.3 Å². The Balaban J connectivity index is 1.51. The lowest BCUT2D eigenvalue weighted by molar-refractivity contribution is -0.271. The fourth-order valence-electron chi connectivity index (χ4n) is 6.55. The molecule has 4 aliphatic rings. The molecule has 37 heavy (non-hydrogen) atoms. The van der Waals surface area contributed by atoms with Crippen molar-refractivity contribution in [3.8, 4) is 11.8 Å². The number of ether oxygens (including phenoxy) is 3. The van der Waals surface area contributed by atoms with Crippen LogP contribution in [0, 0.1) is 23.2 Å². The number of nitriles is 1. The van der Waals surface area contributed by atoms with Crippen LogP contribution in [0.2, 0.25) is 0 Å². The van der Waals surface area contributed by atoms with Gasteiger partial charge in [-0.05, 0) is 74.6 Å². The molecule has 1 saturated heterocycles. The molecule has 4 unspecified atom stereocenters. The first-order chi connectivity index (χ1) is 17.8. The van der Waals surface area contributed by atoms with Crippen molar-refractivity contribution in [2.24, 2.45) is 11.8 Å². The van der Waals surface area contributed by atoms with Crippen molar-refractivity contribution in [1.82, 2.24) is 0 Å². The third-order valence-electron chi connectivity index (χ3n) is 8.29.